The third kappa shape index (κ3) is 7.41. The van der Waals surface area contributed by atoms with E-state index in [2.05, 4.69) is 15.4 Å². The summed E-state index contributed by atoms with van der Waals surface area (Å²) >= 11 is 0. The van der Waals surface area contributed by atoms with Gasteiger partial charge in [0, 0.05) is 5.69 Å². The van der Waals surface area contributed by atoms with Crippen molar-refractivity contribution in [3.05, 3.63) is 24.3 Å². The second-order valence-electron chi connectivity index (χ2n) is 5.31. The van der Waals surface area contributed by atoms with Gasteiger partial charge in [0.1, 0.15) is 17.9 Å². The minimum Gasteiger partial charge on any atom is -0.444 e. The van der Waals surface area contributed by atoms with Gasteiger partial charge in [0.05, 0.1) is 0 Å². The normalized spacial score (nSPS) is 11.0. The topological polar surface area (TPSA) is 76.7 Å². The first-order valence-corrected chi connectivity index (χ1v) is 6.47. The van der Waals surface area contributed by atoms with Crippen molar-refractivity contribution in [2.24, 2.45) is 0 Å². The van der Waals surface area contributed by atoms with E-state index in [9.17, 15) is 18.4 Å². The third-order valence-electron chi connectivity index (χ3n) is 2.16. The fraction of sp³-hybridized carbons (Fsp3) is 0.429. The summed E-state index contributed by atoms with van der Waals surface area (Å²) in [7, 11) is 0. The summed E-state index contributed by atoms with van der Waals surface area (Å²) in [5.41, 5.74) is -0.265. The Balaban J connectivity index is 2.40. The van der Waals surface area contributed by atoms with Crippen molar-refractivity contribution in [3.63, 3.8) is 0 Å². The maximum Gasteiger partial charge on any atom is 0.408 e. The molecule has 0 unspecified atom stereocenters. The molecule has 0 radical (unpaired) electrons. The van der Waals surface area contributed by atoms with Gasteiger partial charge < -0.3 is 20.1 Å². The number of carbonyl (C=O) groups is 2. The highest BCUT2D eigenvalue weighted by atomic mass is 19.3. The molecule has 0 aliphatic carbocycles. The van der Waals surface area contributed by atoms with Crippen LogP contribution in [0.4, 0.5) is 19.3 Å². The summed E-state index contributed by atoms with van der Waals surface area (Å²) in [6.07, 6.45) is -0.705. The fourth-order valence-electron chi connectivity index (χ4n) is 1.39. The lowest BCUT2D eigenvalue weighted by molar-refractivity contribution is -0.115. The van der Waals surface area contributed by atoms with Gasteiger partial charge in [-0.15, -0.1) is 0 Å². The summed E-state index contributed by atoms with van der Waals surface area (Å²) < 4.78 is 33.1. The van der Waals surface area contributed by atoms with Gasteiger partial charge in [0.15, 0.2) is 0 Å². The van der Waals surface area contributed by atoms with Crippen molar-refractivity contribution in [2.45, 2.75) is 33.0 Å². The number of anilines is 1. The van der Waals surface area contributed by atoms with E-state index in [0.29, 0.717) is 5.69 Å². The zero-order chi connectivity index (χ0) is 16.8. The van der Waals surface area contributed by atoms with Crippen molar-refractivity contribution >= 4 is 17.7 Å². The van der Waals surface area contributed by atoms with Crippen LogP contribution in [0.3, 0.4) is 0 Å². The predicted octanol–water partition coefficient (Wildman–Crippen LogP) is 2.75. The number of alkyl halides is 2. The molecule has 0 spiro atoms. The van der Waals surface area contributed by atoms with E-state index in [1.807, 2.05) is 0 Å². The second-order valence-corrected chi connectivity index (χ2v) is 5.31. The molecule has 2 N–H and O–H groups in total. The standard InChI is InChI=1S/C14H18F2N2O4/c1-14(2,3)22-13(20)17-8-11(19)18-9-4-6-10(7-5-9)21-12(15)16/h4-7,12H,8H2,1-3H3,(H,17,20)(H,18,19). The number of alkyl carbamates (subject to hydrolysis) is 1. The number of halogens is 2. The van der Waals surface area contributed by atoms with E-state index in [4.69, 9.17) is 4.74 Å². The number of hydrogen-bond donors (Lipinski definition) is 2. The average molecular weight is 316 g/mol. The molecular weight excluding hydrogens is 298 g/mol. The Labute approximate surface area is 126 Å². The van der Waals surface area contributed by atoms with Gasteiger partial charge in [-0.25, -0.2) is 4.79 Å². The summed E-state index contributed by atoms with van der Waals surface area (Å²) in [5.74, 6) is -0.492. The van der Waals surface area contributed by atoms with E-state index in [1.54, 1.807) is 20.8 Å². The monoisotopic (exact) mass is 316 g/mol. The molecule has 122 valence electrons. The number of hydrogen-bond acceptors (Lipinski definition) is 4. The van der Waals surface area contributed by atoms with E-state index in [0.717, 1.165) is 0 Å². The smallest absolute Gasteiger partial charge is 0.408 e. The number of nitrogens with one attached hydrogen (secondary N) is 2. The molecule has 0 bridgehead atoms. The SMILES string of the molecule is CC(C)(C)OC(=O)NCC(=O)Nc1ccc(OC(F)F)cc1. The Morgan fingerprint density at radius 2 is 1.77 bits per heavy atom. The van der Waals surface area contributed by atoms with Crippen molar-refractivity contribution in [3.8, 4) is 5.75 Å². The Hall–Kier alpha value is -2.38. The van der Waals surface area contributed by atoms with Gasteiger partial charge in [-0.2, -0.15) is 8.78 Å². The van der Waals surface area contributed by atoms with Gasteiger partial charge in [-0.3, -0.25) is 4.79 Å². The van der Waals surface area contributed by atoms with Gasteiger partial charge in [0.25, 0.3) is 0 Å². The van der Waals surface area contributed by atoms with E-state index in [-0.39, 0.29) is 12.3 Å². The summed E-state index contributed by atoms with van der Waals surface area (Å²) in [6, 6.07) is 5.40. The summed E-state index contributed by atoms with van der Waals surface area (Å²) in [5, 5.41) is 4.79. The molecule has 0 heterocycles. The number of rotatable bonds is 5. The molecule has 0 fully saturated rings. The highest BCUT2D eigenvalue weighted by Crippen LogP contribution is 2.17. The Kier molecular flexibility index (Phi) is 6.09. The molecule has 0 atom stereocenters. The molecular formula is C14H18F2N2O4. The largest absolute Gasteiger partial charge is 0.444 e. The molecule has 2 amide bonds. The maximum atomic E-state index is 12.0. The molecule has 0 saturated carbocycles. The van der Waals surface area contributed by atoms with Crippen LogP contribution >= 0.6 is 0 Å². The van der Waals surface area contributed by atoms with Crippen LogP contribution in [-0.2, 0) is 9.53 Å². The maximum absolute atomic E-state index is 12.0. The first-order valence-electron chi connectivity index (χ1n) is 6.47. The van der Waals surface area contributed by atoms with Crippen molar-refractivity contribution in [1.82, 2.24) is 5.32 Å². The molecule has 0 aliphatic heterocycles. The molecule has 0 aromatic heterocycles. The number of ether oxygens (including phenoxy) is 2. The molecule has 6 nitrogen and oxygen atoms in total. The zero-order valence-corrected chi connectivity index (χ0v) is 12.5. The van der Waals surface area contributed by atoms with E-state index in [1.165, 1.54) is 24.3 Å². The van der Waals surface area contributed by atoms with Gasteiger partial charge in [-0.05, 0) is 45.0 Å². The van der Waals surface area contributed by atoms with E-state index >= 15 is 0 Å². The molecule has 0 aliphatic rings. The van der Waals surface area contributed by atoms with Crippen LogP contribution in [0.15, 0.2) is 24.3 Å². The van der Waals surface area contributed by atoms with Crippen LogP contribution in [0.5, 0.6) is 5.75 Å². The van der Waals surface area contributed by atoms with Crippen LogP contribution in [-0.4, -0.2) is 30.8 Å². The minimum atomic E-state index is -2.90. The molecule has 22 heavy (non-hydrogen) atoms. The molecule has 1 aromatic rings. The zero-order valence-electron chi connectivity index (χ0n) is 12.5. The second kappa shape index (κ2) is 7.58. The van der Waals surface area contributed by atoms with Crippen molar-refractivity contribution < 1.29 is 27.8 Å². The molecule has 8 heteroatoms. The Bertz CT molecular complexity index is 513. The Morgan fingerprint density at radius 1 is 1.18 bits per heavy atom. The Morgan fingerprint density at radius 3 is 2.27 bits per heavy atom. The third-order valence-corrected chi connectivity index (χ3v) is 2.16. The van der Waals surface area contributed by atoms with Crippen molar-refractivity contribution in [2.75, 3.05) is 11.9 Å². The molecule has 1 aromatic carbocycles. The molecule has 1 rings (SSSR count). The minimum absolute atomic E-state index is 0.0140. The first-order chi connectivity index (χ1) is 10.2. The highest BCUT2D eigenvalue weighted by Gasteiger charge is 2.16. The number of carbonyl (C=O) groups excluding carboxylic acids is 2. The summed E-state index contributed by atoms with van der Waals surface area (Å²) in [6.45, 7) is 1.93. The van der Waals surface area contributed by atoms with Crippen LogP contribution in [0.25, 0.3) is 0 Å². The number of amides is 2. The average Bonchev–Trinajstić information content (AvgIpc) is 2.36. The van der Waals surface area contributed by atoms with Crippen molar-refractivity contribution in [1.29, 1.82) is 0 Å². The molecule has 0 saturated heterocycles. The number of benzene rings is 1. The van der Waals surface area contributed by atoms with Crippen LogP contribution in [0.1, 0.15) is 20.8 Å². The highest BCUT2D eigenvalue weighted by molar-refractivity contribution is 5.93. The lowest BCUT2D eigenvalue weighted by Gasteiger charge is -2.19. The van der Waals surface area contributed by atoms with Crippen LogP contribution in [0, 0.1) is 0 Å². The lowest BCUT2D eigenvalue weighted by Crippen LogP contribution is -2.37. The lowest BCUT2D eigenvalue weighted by atomic mass is 10.2. The fourth-order valence-corrected chi connectivity index (χ4v) is 1.39. The quantitative estimate of drug-likeness (QED) is 0.876. The van der Waals surface area contributed by atoms with E-state index < -0.39 is 24.2 Å². The van der Waals surface area contributed by atoms with Gasteiger partial charge in [0.2, 0.25) is 5.91 Å². The summed E-state index contributed by atoms with van der Waals surface area (Å²) in [4.78, 5) is 23.0. The van der Waals surface area contributed by atoms with Crippen LogP contribution in [0.2, 0.25) is 0 Å². The first kappa shape index (κ1) is 17.7. The van der Waals surface area contributed by atoms with Crippen LogP contribution < -0.4 is 15.4 Å². The predicted molar refractivity (Wildman–Crippen MR) is 75.9 cm³/mol. The van der Waals surface area contributed by atoms with Gasteiger partial charge >= 0.3 is 12.7 Å². The van der Waals surface area contributed by atoms with Gasteiger partial charge in [-0.1, -0.05) is 0 Å².